The molecule has 1 N–H and O–H groups in total. The monoisotopic (exact) mass is 225 g/mol. The third-order valence-electron chi connectivity index (χ3n) is 2.42. The summed E-state index contributed by atoms with van der Waals surface area (Å²) in [5, 5.41) is 3.38. The molecule has 1 rings (SSSR count). The Labute approximate surface area is 95.6 Å². The smallest absolute Gasteiger partial charge is 0.227 e. The van der Waals surface area contributed by atoms with Gasteiger partial charge in [-0.1, -0.05) is 37.6 Å². The minimum Gasteiger partial charge on any atom is -0.359 e. The van der Waals surface area contributed by atoms with Crippen molar-refractivity contribution in [1.29, 1.82) is 0 Å². The van der Waals surface area contributed by atoms with E-state index in [-0.39, 0.29) is 17.7 Å². The van der Waals surface area contributed by atoms with Gasteiger partial charge in [-0.05, 0) is 23.6 Å². The molecule has 0 aliphatic carbocycles. The molecule has 0 aromatic heterocycles. The maximum Gasteiger partial charge on any atom is 0.227 e. The zero-order valence-corrected chi connectivity index (χ0v) is 10.0. The highest BCUT2D eigenvalue weighted by Crippen LogP contribution is 2.25. The zero-order chi connectivity index (χ0) is 11.4. The summed E-state index contributed by atoms with van der Waals surface area (Å²) in [6, 6.07) is 7.44. The Kier molecular flexibility index (Phi) is 4.15. The van der Waals surface area contributed by atoms with Gasteiger partial charge in [0.1, 0.15) is 0 Å². The SMILES string of the molecule is CNC(=O)[C@H](c1ccc(Cl)cc1)C(C)C. The molecule has 82 valence electrons. The van der Waals surface area contributed by atoms with Gasteiger partial charge in [0.05, 0.1) is 5.92 Å². The summed E-state index contributed by atoms with van der Waals surface area (Å²) in [4.78, 5) is 11.7. The minimum atomic E-state index is -0.104. The fourth-order valence-electron chi connectivity index (χ4n) is 1.66. The lowest BCUT2D eigenvalue weighted by Crippen LogP contribution is -2.29. The van der Waals surface area contributed by atoms with Crippen molar-refractivity contribution in [2.24, 2.45) is 5.92 Å². The molecule has 15 heavy (non-hydrogen) atoms. The molecule has 1 amide bonds. The quantitative estimate of drug-likeness (QED) is 0.842. The number of halogens is 1. The summed E-state index contributed by atoms with van der Waals surface area (Å²) in [6.07, 6.45) is 0. The Morgan fingerprint density at radius 2 is 1.80 bits per heavy atom. The number of hydrogen-bond donors (Lipinski definition) is 1. The van der Waals surface area contributed by atoms with Crippen molar-refractivity contribution in [3.05, 3.63) is 34.9 Å². The lowest BCUT2D eigenvalue weighted by molar-refractivity contribution is -0.123. The van der Waals surface area contributed by atoms with Crippen molar-refractivity contribution >= 4 is 17.5 Å². The van der Waals surface area contributed by atoms with E-state index in [9.17, 15) is 4.79 Å². The highest BCUT2D eigenvalue weighted by atomic mass is 35.5. The molecule has 0 heterocycles. The largest absolute Gasteiger partial charge is 0.359 e. The van der Waals surface area contributed by atoms with E-state index in [0.29, 0.717) is 5.02 Å². The Balaban J connectivity index is 2.99. The van der Waals surface area contributed by atoms with Crippen LogP contribution in [-0.4, -0.2) is 13.0 Å². The predicted octanol–water partition coefficient (Wildman–Crippen LogP) is 2.83. The first-order valence-electron chi connectivity index (χ1n) is 5.03. The van der Waals surface area contributed by atoms with Gasteiger partial charge >= 0.3 is 0 Å². The molecule has 0 radical (unpaired) electrons. The average Bonchev–Trinajstić information content (AvgIpc) is 2.20. The van der Waals surface area contributed by atoms with Crippen LogP contribution in [-0.2, 0) is 4.79 Å². The van der Waals surface area contributed by atoms with Crippen LogP contribution in [0.1, 0.15) is 25.3 Å². The first-order chi connectivity index (χ1) is 7.06. The lowest BCUT2D eigenvalue weighted by atomic mass is 9.88. The Hall–Kier alpha value is -1.02. The van der Waals surface area contributed by atoms with E-state index in [1.165, 1.54) is 0 Å². The van der Waals surface area contributed by atoms with Crippen LogP contribution in [0.15, 0.2) is 24.3 Å². The Morgan fingerprint density at radius 1 is 1.27 bits per heavy atom. The van der Waals surface area contributed by atoms with Gasteiger partial charge in [0, 0.05) is 12.1 Å². The molecule has 1 aromatic carbocycles. The number of benzene rings is 1. The third-order valence-corrected chi connectivity index (χ3v) is 2.68. The van der Waals surface area contributed by atoms with Gasteiger partial charge in [-0.3, -0.25) is 4.79 Å². The van der Waals surface area contributed by atoms with Gasteiger partial charge in [-0.15, -0.1) is 0 Å². The standard InChI is InChI=1S/C12H16ClNO/c1-8(2)11(12(15)14-3)9-4-6-10(13)7-5-9/h4-8,11H,1-3H3,(H,14,15)/t11-/m0/s1. The molecule has 0 saturated carbocycles. The summed E-state index contributed by atoms with van der Waals surface area (Å²) in [5.41, 5.74) is 1.01. The number of amides is 1. The summed E-state index contributed by atoms with van der Waals surface area (Å²) in [6.45, 7) is 4.07. The molecule has 0 fully saturated rings. The van der Waals surface area contributed by atoms with E-state index in [1.54, 1.807) is 7.05 Å². The van der Waals surface area contributed by atoms with Gasteiger partial charge < -0.3 is 5.32 Å². The van der Waals surface area contributed by atoms with Crippen LogP contribution in [0.5, 0.6) is 0 Å². The van der Waals surface area contributed by atoms with Gasteiger partial charge in [-0.25, -0.2) is 0 Å². The van der Waals surface area contributed by atoms with Crippen molar-refractivity contribution in [3.63, 3.8) is 0 Å². The summed E-state index contributed by atoms with van der Waals surface area (Å²) in [7, 11) is 1.66. The molecule has 0 bridgehead atoms. The van der Waals surface area contributed by atoms with Crippen molar-refractivity contribution in [3.8, 4) is 0 Å². The number of carbonyl (C=O) groups is 1. The van der Waals surface area contributed by atoms with E-state index in [2.05, 4.69) is 5.32 Å². The molecule has 2 nitrogen and oxygen atoms in total. The molecule has 0 aliphatic rings. The van der Waals surface area contributed by atoms with Crippen molar-refractivity contribution < 1.29 is 4.79 Å². The summed E-state index contributed by atoms with van der Waals surface area (Å²) in [5.74, 6) is 0.214. The number of likely N-dealkylation sites (N-methyl/N-ethyl adjacent to an activating group) is 1. The van der Waals surface area contributed by atoms with Crippen LogP contribution in [0.2, 0.25) is 5.02 Å². The Bertz CT molecular complexity index is 332. The van der Waals surface area contributed by atoms with Crippen LogP contribution in [0.3, 0.4) is 0 Å². The number of hydrogen-bond acceptors (Lipinski definition) is 1. The first-order valence-corrected chi connectivity index (χ1v) is 5.41. The van der Waals surface area contributed by atoms with Crippen molar-refractivity contribution in [1.82, 2.24) is 5.32 Å². The van der Waals surface area contributed by atoms with Crippen LogP contribution < -0.4 is 5.32 Å². The summed E-state index contributed by atoms with van der Waals surface area (Å²) < 4.78 is 0. The van der Waals surface area contributed by atoms with Crippen LogP contribution in [0, 0.1) is 5.92 Å². The van der Waals surface area contributed by atoms with E-state index in [0.717, 1.165) is 5.56 Å². The number of carbonyl (C=O) groups excluding carboxylic acids is 1. The number of rotatable bonds is 3. The van der Waals surface area contributed by atoms with Gasteiger partial charge in [0.15, 0.2) is 0 Å². The highest BCUT2D eigenvalue weighted by molar-refractivity contribution is 6.30. The average molecular weight is 226 g/mol. The van der Waals surface area contributed by atoms with Crippen LogP contribution in [0.25, 0.3) is 0 Å². The fourth-order valence-corrected chi connectivity index (χ4v) is 1.79. The van der Waals surface area contributed by atoms with Crippen LogP contribution >= 0.6 is 11.6 Å². The molecule has 1 aromatic rings. The number of nitrogens with one attached hydrogen (secondary N) is 1. The molecule has 1 atom stereocenters. The van der Waals surface area contributed by atoms with E-state index in [1.807, 2.05) is 38.1 Å². The molecule has 0 spiro atoms. The third kappa shape index (κ3) is 2.96. The maximum atomic E-state index is 11.7. The molecular weight excluding hydrogens is 210 g/mol. The fraction of sp³-hybridized carbons (Fsp3) is 0.417. The van der Waals surface area contributed by atoms with Gasteiger partial charge in [0.2, 0.25) is 5.91 Å². The molecule has 3 heteroatoms. The Morgan fingerprint density at radius 3 is 2.20 bits per heavy atom. The van der Waals surface area contributed by atoms with E-state index >= 15 is 0 Å². The first kappa shape index (κ1) is 12.1. The molecule has 0 unspecified atom stereocenters. The normalized spacial score (nSPS) is 12.6. The predicted molar refractivity (Wildman–Crippen MR) is 63.1 cm³/mol. The van der Waals surface area contributed by atoms with Crippen LogP contribution in [0.4, 0.5) is 0 Å². The lowest BCUT2D eigenvalue weighted by Gasteiger charge is -2.19. The molecule has 0 saturated heterocycles. The minimum absolute atomic E-state index is 0.0484. The summed E-state index contributed by atoms with van der Waals surface area (Å²) >= 11 is 5.81. The second-order valence-electron chi connectivity index (χ2n) is 3.89. The molecular formula is C12H16ClNO. The van der Waals surface area contributed by atoms with E-state index in [4.69, 9.17) is 11.6 Å². The van der Waals surface area contributed by atoms with Crippen molar-refractivity contribution in [2.45, 2.75) is 19.8 Å². The molecule has 0 aliphatic heterocycles. The topological polar surface area (TPSA) is 29.1 Å². The highest BCUT2D eigenvalue weighted by Gasteiger charge is 2.22. The van der Waals surface area contributed by atoms with E-state index < -0.39 is 0 Å². The second kappa shape index (κ2) is 5.17. The van der Waals surface area contributed by atoms with Gasteiger partial charge in [-0.2, -0.15) is 0 Å². The van der Waals surface area contributed by atoms with Crippen molar-refractivity contribution in [2.75, 3.05) is 7.05 Å². The second-order valence-corrected chi connectivity index (χ2v) is 4.32. The van der Waals surface area contributed by atoms with Gasteiger partial charge in [0.25, 0.3) is 0 Å². The zero-order valence-electron chi connectivity index (χ0n) is 9.25. The maximum absolute atomic E-state index is 11.7.